The lowest BCUT2D eigenvalue weighted by Crippen LogP contribution is -2.17. The van der Waals surface area contributed by atoms with Crippen LogP contribution >= 0.6 is 11.5 Å². The maximum atomic E-state index is 12.0. The van der Waals surface area contributed by atoms with Gasteiger partial charge in [-0.2, -0.15) is 0 Å². The van der Waals surface area contributed by atoms with Crippen LogP contribution in [-0.2, 0) is 6.42 Å². The second-order valence-electron chi connectivity index (χ2n) is 4.22. The summed E-state index contributed by atoms with van der Waals surface area (Å²) in [7, 11) is 0. The predicted molar refractivity (Wildman–Crippen MR) is 68.4 cm³/mol. The zero-order valence-corrected chi connectivity index (χ0v) is 11.3. The number of nitrogens with two attached hydrogens (primary N) is 1. The molecule has 4 nitrogen and oxygen atoms in total. The maximum Gasteiger partial charge on any atom is 0.573 e. The molecule has 0 fully saturated rings. The molecule has 8 heteroatoms. The molecule has 0 aliphatic carbocycles. The van der Waals surface area contributed by atoms with Gasteiger partial charge in [-0.25, -0.2) is 0 Å². The molecule has 1 aromatic heterocycles. The van der Waals surface area contributed by atoms with Gasteiger partial charge in [-0.1, -0.05) is 16.6 Å². The second-order valence-corrected chi connectivity index (χ2v) is 5.01. The molecular formula is C12H12F3N3OS. The second kappa shape index (κ2) is 5.76. The number of alkyl halides is 3. The molecule has 0 saturated carbocycles. The van der Waals surface area contributed by atoms with Gasteiger partial charge in [0.15, 0.2) is 0 Å². The van der Waals surface area contributed by atoms with Crippen LogP contribution in [0.15, 0.2) is 24.3 Å². The summed E-state index contributed by atoms with van der Waals surface area (Å²) in [6.07, 6.45) is -4.18. The first-order valence-electron chi connectivity index (χ1n) is 5.74. The molecule has 0 radical (unpaired) electrons. The number of ether oxygens (including phenoxy) is 1. The molecule has 1 unspecified atom stereocenters. The number of hydrogen-bond acceptors (Lipinski definition) is 5. The van der Waals surface area contributed by atoms with Crippen molar-refractivity contribution >= 4 is 11.5 Å². The third-order valence-electron chi connectivity index (χ3n) is 2.64. The monoisotopic (exact) mass is 303 g/mol. The molecule has 0 aliphatic heterocycles. The Bertz CT molecular complexity index is 568. The molecule has 108 valence electrons. The fourth-order valence-electron chi connectivity index (χ4n) is 1.75. The highest BCUT2D eigenvalue weighted by Crippen LogP contribution is 2.25. The Labute approximate surface area is 117 Å². The van der Waals surface area contributed by atoms with Crippen molar-refractivity contribution in [2.45, 2.75) is 25.7 Å². The van der Waals surface area contributed by atoms with Gasteiger partial charge in [0.2, 0.25) is 0 Å². The van der Waals surface area contributed by atoms with Crippen LogP contribution in [0.2, 0.25) is 0 Å². The maximum absolute atomic E-state index is 12.0. The number of halogens is 3. The summed E-state index contributed by atoms with van der Waals surface area (Å²) >= 11 is 1.23. The zero-order chi connectivity index (χ0) is 14.8. The van der Waals surface area contributed by atoms with E-state index in [1.807, 2.05) is 6.92 Å². The largest absolute Gasteiger partial charge is 0.573 e. The smallest absolute Gasteiger partial charge is 0.406 e. The van der Waals surface area contributed by atoms with Gasteiger partial charge < -0.3 is 10.5 Å². The fraction of sp³-hybridized carbons (Fsp3) is 0.333. The molecule has 1 aromatic carbocycles. The minimum absolute atomic E-state index is 0.245. The average Bonchev–Trinajstić information content (AvgIpc) is 2.76. The van der Waals surface area contributed by atoms with Crippen LogP contribution in [0, 0.1) is 6.92 Å². The van der Waals surface area contributed by atoms with Crippen molar-refractivity contribution in [3.63, 3.8) is 0 Å². The minimum Gasteiger partial charge on any atom is -0.406 e. The molecule has 0 amide bonds. The molecule has 2 aromatic rings. The fourth-order valence-corrected chi connectivity index (χ4v) is 2.39. The summed E-state index contributed by atoms with van der Waals surface area (Å²) < 4.78 is 43.7. The van der Waals surface area contributed by atoms with E-state index in [-0.39, 0.29) is 11.8 Å². The quantitative estimate of drug-likeness (QED) is 0.943. The third-order valence-corrected chi connectivity index (χ3v) is 3.59. The number of aromatic nitrogens is 2. The van der Waals surface area contributed by atoms with Gasteiger partial charge in [-0.15, -0.1) is 18.3 Å². The van der Waals surface area contributed by atoms with E-state index in [0.717, 1.165) is 16.1 Å². The number of aryl methyl sites for hydroxylation is 1. The molecule has 0 aliphatic rings. The van der Waals surface area contributed by atoms with Crippen molar-refractivity contribution in [2.75, 3.05) is 0 Å². The molecule has 0 bridgehead atoms. The highest BCUT2D eigenvalue weighted by Gasteiger charge is 2.30. The Morgan fingerprint density at radius 3 is 2.45 bits per heavy atom. The van der Waals surface area contributed by atoms with Crippen molar-refractivity contribution in [1.29, 1.82) is 0 Å². The van der Waals surface area contributed by atoms with Crippen LogP contribution in [0.3, 0.4) is 0 Å². The van der Waals surface area contributed by atoms with Gasteiger partial charge >= 0.3 is 6.36 Å². The molecule has 2 rings (SSSR count). The van der Waals surface area contributed by atoms with Crippen molar-refractivity contribution < 1.29 is 17.9 Å². The van der Waals surface area contributed by atoms with Crippen LogP contribution in [0.4, 0.5) is 13.2 Å². The number of rotatable bonds is 4. The first-order chi connectivity index (χ1) is 9.35. The summed E-state index contributed by atoms with van der Waals surface area (Å²) in [4.78, 5) is 0.876. The van der Waals surface area contributed by atoms with Crippen molar-refractivity contribution in [2.24, 2.45) is 5.73 Å². The van der Waals surface area contributed by atoms with Crippen LogP contribution < -0.4 is 10.5 Å². The molecular weight excluding hydrogens is 291 g/mol. The lowest BCUT2D eigenvalue weighted by molar-refractivity contribution is -0.274. The zero-order valence-electron chi connectivity index (χ0n) is 10.5. The van der Waals surface area contributed by atoms with Crippen LogP contribution in [0.5, 0.6) is 5.75 Å². The van der Waals surface area contributed by atoms with Gasteiger partial charge in [-0.3, -0.25) is 0 Å². The van der Waals surface area contributed by atoms with Gasteiger partial charge in [0.05, 0.1) is 10.6 Å². The van der Waals surface area contributed by atoms with Crippen molar-refractivity contribution in [3.05, 3.63) is 40.4 Å². The Morgan fingerprint density at radius 1 is 1.30 bits per heavy atom. The van der Waals surface area contributed by atoms with E-state index in [9.17, 15) is 13.2 Å². The number of nitrogens with zero attached hydrogens (tertiary/aromatic N) is 2. The Hall–Kier alpha value is -1.67. The Balaban J connectivity index is 2.02. The van der Waals surface area contributed by atoms with Gasteiger partial charge in [0, 0.05) is 6.04 Å². The third kappa shape index (κ3) is 3.91. The lowest BCUT2D eigenvalue weighted by Gasteiger charge is -2.11. The predicted octanol–water partition coefficient (Wildman–Crippen LogP) is 2.99. The summed E-state index contributed by atoms with van der Waals surface area (Å²) in [5, 5.41) is 3.88. The Morgan fingerprint density at radius 2 is 1.95 bits per heavy atom. The highest BCUT2D eigenvalue weighted by atomic mass is 32.1. The summed E-state index contributed by atoms with van der Waals surface area (Å²) in [5.41, 5.74) is 7.63. The minimum atomic E-state index is -4.68. The van der Waals surface area contributed by atoms with E-state index >= 15 is 0 Å². The van der Waals surface area contributed by atoms with Gasteiger partial charge in [-0.05, 0) is 42.6 Å². The summed E-state index contributed by atoms with van der Waals surface area (Å²) in [6, 6.07) is 5.39. The first-order valence-corrected chi connectivity index (χ1v) is 6.51. The Kier molecular flexibility index (Phi) is 4.24. The van der Waals surface area contributed by atoms with E-state index in [1.165, 1.54) is 23.7 Å². The molecule has 20 heavy (non-hydrogen) atoms. The van der Waals surface area contributed by atoms with E-state index in [2.05, 4.69) is 14.3 Å². The molecule has 1 atom stereocenters. The van der Waals surface area contributed by atoms with E-state index in [0.29, 0.717) is 6.42 Å². The first kappa shape index (κ1) is 14.7. The SMILES string of the molecule is Cc1nnsc1C(N)Cc1ccc(OC(F)(F)F)cc1. The normalized spacial score (nSPS) is 13.2. The topological polar surface area (TPSA) is 61.0 Å². The van der Waals surface area contributed by atoms with E-state index in [1.54, 1.807) is 12.1 Å². The number of benzene rings is 1. The van der Waals surface area contributed by atoms with Crippen LogP contribution in [-0.4, -0.2) is 15.9 Å². The van der Waals surface area contributed by atoms with Crippen LogP contribution in [0.1, 0.15) is 22.2 Å². The molecule has 0 saturated heterocycles. The van der Waals surface area contributed by atoms with Crippen molar-refractivity contribution in [3.8, 4) is 5.75 Å². The standard InChI is InChI=1S/C12H12F3N3OS/c1-7-11(20-18-17-7)10(16)6-8-2-4-9(5-3-8)19-12(13,14)15/h2-5,10H,6,16H2,1H3. The number of hydrogen-bond donors (Lipinski definition) is 1. The lowest BCUT2D eigenvalue weighted by atomic mass is 10.0. The summed E-state index contributed by atoms with van der Waals surface area (Å²) in [5.74, 6) is -0.245. The molecule has 2 N–H and O–H groups in total. The average molecular weight is 303 g/mol. The molecule has 0 spiro atoms. The van der Waals surface area contributed by atoms with Gasteiger partial charge in [0.25, 0.3) is 0 Å². The van der Waals surface area contributed by atoms with E-state index < -0.39 is 6.36 Å². The van der Waals surface area contributed by atoms with Crippen molar-refractivity contribution in [1.82, 2.24) is 9.59 Å². The highest BCUT2D eigenvalue weighted by molar-refractivity contribution is 7.05. The van der Waals surface area contributed by atoms with E-state index in [4.69, 9.17) is 5.73 Å². The van der Waals surface area contributed by atoms with Crippen LogP contribution in [0.25, 0.3) is 0 Å². The molecule has 1 heterocycles. The van der Waals surface area contributed by atoms with Gasteiger partial charge in [0.1, 0.15) is 5.75 Å². The summed E-state index contributed by atoms with van der Waals surface area (Å²) in [6.45, 7) is 1.82.